The van der Waals surface area contributed by atoms with Crippen molar-refractivity contribution in [1.29, 1.82) is 0 Å². The first-order valence-corrected chi connectivity index (χ1v) is 6.95. The Morgan fingerprint density at radius 1 is 1.59 bits per heavy atom. The first-order chi connectivity index (χ1) is 10.4. The van der Waals surface area contributed by atoms with E-state index in [1.54, 1.807) is 0 Å². The van der Waals surface area contributed by atoms with Crippen LogP contribution in [0.2, 0.25) is 0 Å². The van der Waals surface area contributed by atoms with Gasteiger partial charge in [-0.05, 0) is 12.1 Å². The lowest BCUT2D eigenvalue weighted by atomic mass is 10.2. The van der Waals surface area contributed by atoms with Crippen molar-refractivity contribution in [2.45, 2.75) is 11.7 Å². The molecule has 1 aliphatic rings. The van der Waals surface area contributed by atoms with Gasteiger partial charge in [-0.3, -0.25) is 19.7 Å². The molecule has 1 heterocycles. The van der Waals surface area contributed by atoms with Gasteiger partial charge in [0, 0.05) is 6.42 Å². The van der Waals surface area contributed by atoms with Crippen molar-refractivity contribution in [3.8, 4) is 5.75 Å². The zero-order chi connectivity index (χ0) is 16.3. The number of ether oxygens (including phenoxy) is 1. The second-order valence-corrected chi connectivity index (χ2v) is 5.51. The Bertz CT molecular complexity index is 675. The number of nitrogens with two attached hydrogens (primary N) is 1. The van der Waals surface area contributed by atoms with Gasteiger partial charge in [0.05, 0.1) is 18.1 Å². The van der Waals surface area contributed by atoms with Crippen LogP contribution in [-0.2, 0) is 9.59 Å². The number of nitrogens with zero attached hydrogens (tertiary/aromatic N) is 2. The Morgan fingerprint density at radius 3 is 2.86 bits per heavy atom. The quantitative estimate of drug-likeness (QED) is 0.606. The van der Waals surface area contributed by atoms with E-state index in [0.29, 0.717) is 5.75 Å². The van der Waals surface area contributed by atoms with Gasteiger partial charge in [-0.2, -0.15) is 4.99 Å². The number of aliphatic imine (C=N–C) groups is 1. The molecule has 0 spiro atoms. The third-order valence-corrected chi connectivity index (χ3v) is 3.79. The Hall–Kier alpha value is -2.62. The van der Waals surface area contributed by atoms with E-state index in [1.165, 1.54) is 25.3 Å². The van der Waals surface area contributed by atoms with E-state index in [0.717, 1.165) is 11.8 Å². The summed E-state index contributed by atoms with van der Waals surface area (Å²) in [6.45, 7) is 0. The van der Waals surface area contributed by atoms with Gasteiger partial charge >= 0.3 is 0 Å². The van der Waals surface area contributed by atoms with E-state index in [2.05, 4.69) is 10.3 Å². The molecule has 9 nitrogen and oxygen atoms in total. The Balaban J connectivity index is 2.09. The molecule has 116 valence electrons. The number of hydrogen-bond donors (Lipinski definition) is 2. The number of carbonyl (C=O) groups is 2. The zero-order valence-corrected chi connectivity index (χ0v) is 12.3. The molecule has 0 bridgehead atoms. The van der Waals surface area contributed by atoms with E-state index in [9.17, 15) is 19.7 Å². The third kappa shape index (κ3) is 3.52. The number of hydrogen-bond acceptors (Lipinski definition) is 7. The van der Waals surface area contributed by atoms with E-state index in [-0.39, 0.29) is 23.0 Å². The number of nitro benzene ring substituents is 1. The number of rotatable bonds is 5. The van der Waals surface area contributed by atoms with Gasteiger partial charge in [0.2, 0.25) is 5.91 Å². The van der Waals surface area contributed by atoms with Gasteiger partial charge in [0.25, 0.3) is 11.6 Å². The molecule has 22 heavy (non-hydrogen) atoms. The van der Waals surface area contributed by atoms with Gasteiger partial charge in [0.1, 0.15) is 16.7 Å². The highest BCUT2D eigenvalue weighted by Gasteiger charge is 2.29. The van der Waals surface area contributed by atoms with Crippen LogP contribution in [0.3, 0.4) is 0 Å². The summed E-state index contributed by atoms with van der Waals surface area (Å²) in [5.41, 5.74) is 5.13. The maximum Gasteiger partial charge on any atom is 0.296 e. The lowest BCUT2D eigenvalue weighted by Gasteiger charge is -2.09. The molecule has 0 aliphatic carbocycles. The fourth-order valence-corrected chi connectivity index (χ4v) is 2.62. The Morgan fingerprint density at radius 2 is 2.32 bits per heavy atom. The highest BCUT2D eigenvalue weighted by Crippen LogP contribution is 2.30. The molecular formula is C12H12N4O5S. The van der Waals surface area contributed by atoms with Crippen LogP contribution in [0, 0.1) is 10.1 Å². The summed E-state index contributed by atoms with van der Waals surface area (Å²) in [6.07, 6.45) is -0.170. The molecule has 0 unspecified atom stereocenters. The van der Waals surface area contributed by atoms with E-state index >= 15 is 0 Å². The highest BCUT2D eigenvalue weighted by atomic mass is 32.2. The fraction of sp³-hybridized carbons (Fsp3) is 0.250. The first-order valence-electron chi connectivity index (χ1n) is 6.07. The summed E-state index contributed by atoms with van der Waals surface area (Å²) in [6, 6.07) is 4.05. The van der Waals surface area contributed by atoms with Gasteiger partial charge in [-0.25, -0.2) is 0 Å². The van der Waals surface area contributed by atoms with Crippen LogP contribution in [-0.4, -0.2) is 34.3 Å². The molecule has 0 radical (unpaired) electrons. The zero-order valence-electron chi connectivity index (χ0n) is 11.4. The molecule has 0 aromatic heterocycles. The Labute approximate surface area is 129 Å². The fourth-order valence-electron chi connectivity index (χ4n) is 1.80. The van der Waals surface area contributed by atoms with Gasteiger partial charge in [-0.1, -0.05) is 11.8 Å². The monoisotopic (exact) mass is 324 g/mol. The lowest BCUT2D eigenvalue weighted by Crippen LogP contribution is -2.22. The summed E-state index contributed by atoms with van der Waals surface area (Å²) in [7, 11) is 1.38. The summed E-state index contributed by atoms with van der Waals surface area (Å²) < 4.78 is 4.90. The first kappa shape index (κ1) is 15.8. The predicted molar refractivity (Wildman–Crippen MR) is 80.9 cm³/mol. The second kappa shape index (κ2) is 6.43. The van der Waals surface area contributed by atoms with Gasteiger partial charge in [0.15, 0.2) is 5.17 Å². The lowest BCUT2D eigenvalue weighted by molar-refractivity contribution is -0.384. The minimum Gasteiger partial charge on any atom is -0.496 e. The maximum atomic E-state index is 11.9. The summed E-state index contributed by atoms with van der Waals surface area (Å²) >= 11 is 0.993. The number of benzene rings is 1. The van der Waals surface area contributed by atoms with Crippen molar-refractivity contribution in [3.05, 3.63) is 28.3 Å². The second-order valence-electron chi connectivity index (χ2n) is 4.29. The molecule has 1 aromatic carbocycles. The van der Waals surface area contributed by atoms with Crippen molar-refractivity contribution in [1.82, 2.24) is 0 Å². The number of carbonyl (C=O) groups excluding carboxylic acids is 2. The topological polar surface area (TPSA) is 137 Å². The maximum absolute atomic E-state index is 11.9. The molecule has 2 rings (SSSR count). The van der Waals surface area contributed by atoms with E-state index < -0.39 is 22.0 Å². The highest BCUT2D eigenvalue weighted by molar-refractivity contribution is 8.15. The van der Waals surface area contributed by atoms with Crippen molar-refractivity contribution in [2.75, 3.05) is 12.4 Å². The number of nitrogens with one attached hydrogen (secondary N) is 1. The van der Waals surface area contributed by atoms with Crippen LogP contribution < -0.4 is 15.8 Å². The minimum absolute atomic E-state index is 0.0279. The average Bonchev–Trinajstić information content (AvgIpc) is 2.76. The SMILES string of the molecule is COc1ccc(NC(=O)C[C@@H]2SC(N)=NC2=O)c([N+](=O)[O-])c1. The van der Waals surface area contributed by atoms with Crippen LogP contribution in [0.5, 0.6) is 5.75 Å². The van der Waals surface area contributed by atoms with Gasteiger partial charge in [-0.15, -0.1) is 0 Å². The largest absolute Gasteiger partial charge is 0.496 e. The third-order valence-electron chi connectivity index (χ3n) is 2.81. The molecule has 0 saturated carbocycles. The molecule has 10 heteroatoms. The summed E-state index contributed by atoms with van der Waals surface area (Å²) in [5.74, 6) is -0.724. The van der Waals surface area contributed by atoms with Crippen molar-refractivity contribution in [2.24, 2.45) is 10.7 Å². The molecule has 1 atom stereocenters. The summed E-state index contributed by atoms with van der Waals surface area (Å²) in [4.78, 5) is 37.3. The van der Waals surface area contributed by atoms with E-state index in [1.807, 2.05) is 0 Å². The average molecular weight is 324 g/mol. The summed E-state index contributed by atoms with van der Waals surface area (Å²) in [5, 5.41) is 12.8. The van der Waals surface area contributed by atoms with Gasteiger partial charge < -0.3 is 15.8 Å². The van der Waals surface area contributed by atoms with Crippen molar-refractivity contribution < 1.29 is 19.2 Å². The number of nitro groups is 1. The molecule has 0 fully saturated rings. The normalized spacial score (nSPS) is 17.0. The van der Waals surface area contributed by atoms with Crippen LogP contribution in [0.15, 0.2) is 23.2 Å². The molecule has 0 saturated heterocycles. The molecule has 2 amide bonds. The number of amidine groups is 1. The van der Waals surface area contributed by atoms with Crippen LogP contribution >= 0.6 is 11.8 Å². The Kier molecular flexibility index (Phi) is 4.61. The number of methoxy groups -OCH3 is 1. The van der Waals surface area contributed by atoms with Crippen LogP contribution in [0.1, 0.15) is 6.42 Å². The minimum atomic E-state index is -0.697. The molecule has 3 N–H and O–H groups in total. The van der Waals surface area contributed by atoms with Crippen molar-refractivity contribution >= 4 is 40.1 Å². The van der Waals surface area contributed by atoms with Crippen LogP contribution in [0.25, 0.3) is 0 Å². The number of thioether (sulfide) groups is 1. The number of amides is 2. The van der Waals surface area contributed by atoms with Crippen molar-refractivity contribution in [3.63, 3.8) is 0 Å². The molecule has 1 aromatic rings. The number of anilines is 1. The smallest absolute Gasteiger partial charge is 0.296 e. The molecule has 1 aliphatic heterocycles. The predicted octanol–water partition coefficient (Wildman–Crippen LogP) is 0.889. The molecular weight excluding hydrogens is 312 g/mol. The standard InChI is InChI=1S/C12H12N4O5S/c1-21-6-2-3-7(8(4-6)16(19)20)14-10(17)5-9-11(18)15-12(13)22-9/h2-4,9H,5H2,1H3,(H,14,17)(H2,13,15,18)/t9-/m0/s1. The van der Waals surface area contributed by atoms with E-state index in [4.69, 9.17) is 10.5 Å². The van der Waals surface area contributed by atoms with Crippen LogP contribution in [0.4, 0.5) is 11.4 Å².